The van der Waals surface area contributed by atoms with Crippen LogP contribution in [-0.4, -0.2) is 9.13 Å². The van der Waals surface area contributed by atoms with Crippen LogP contribution in [0.2, 0.25) is 0 Å². The highest BCUT2D eigenvalue weighted by molar-refractivity contribution is 6.26. The normalized spacial score (nSPS) is 11.8. The summed E-state index contributed by atoms with van der Waals surface area (Å²) in [6, 6.07) is 55.9. The molecule has 2 heterocycles. The predicted molar refractivity (Wildman–Crippen MR) is 197 cm³/mol. The fourth-order valence-electron chi connectivity index (χ4n) is 7.43. The quantitative estimate of drug-likeness (QED) is 0.182. The summed E-state index contributed by atoms with van der Waals surface area (Å²) in [5.41, 5.74) is 11.2. The van der Waals surface area contributed by atoms with Gasteiger partial charge in [0.05, 0.1) is 22.1 Å². The van der Waals surface area contributed by atoms with Crippen LogP contribution in [0.3, 0.4) is 0 Å². The lowest BCUT2D eigenvalue weighted by molar-refractivity contribution is 0.795. The maximum atomic E-state index is 2.50. The zero-order valence-corrected chi connectivity index (χ0v) is 25.9. The Morgan fingerprint density at radius 1 is 0.457 bits per heavy atom. The van der Waals surface area contributed by atoms with Gasteiger partial charge in [-0.05, 0) is 88.8 Å². The Balaban J connectivity index is 1.29. The molecule has 0 aliphatic carbocycles. The monoisotopic (exact) mass is 590 g/mol. The molecule has 9 aromatic rings. The maximum absolute atomic E-state index is 2.50. The van der Waals surface area contributed by atoms with Gasteiger partial charge in [0, 0.05) is 32.9 Å². The van der Waals surface area contributed by atoms with Crippen molar-refractivity contribution in [3.05, 3.63) is 157 Å². The van der Waals surface area contributed by atoms with E-state index in [0.717, 1.165) is 6.42 Å². The van der Waals surface area contributed by atoms with Crippen molar-refractivity contribution in [2.45, 2.75) is 26.2 Å². The number of para-hydroxylation sites is 2. The molecule has 0 radical (unpaired) electrons. The third kappa shape index (κ3) is 4.18. The van der Waals surface area contributed by atoms with Gasteiger partial charge >= 0.3 is 0 Å². The van der Waals surface area contributed by atoms with Gasteiger partial charge in [0.2, 0.25) is 0 Å². The summed E-state index contributed by atoms with van der Waals surface area (Å²) in [5.74, 6) is 0. The Morgan fingerprint density at radius 2 is 1.17 bits per heavy atom. The van der Waals surface area contributed by atoms with Crippen molar-refractivity contribution in [2.24, 2.45) is 0 Å². The third-order valence-electron chi connectivity index (χ3n) is 9.67. The van der Waals surface area contributed by atoms with E-state index in [9.17, 15) is 0 Å². The molecule has 46 heavy (non-hydrogen) atoms. The van der Waals surface area contributed by atoms with E-state index in [0.29, 0.717) is 0 Å². The highest BCUT2D eigenvalue weighted by Gasteiger charge is 2.21. The first-order chi connectivity index (χ1) is 22.8. The molecule has 0 spiro atoms. The van der Waals surface area contributed by atoms with Crippen LogP contribution in [0.4, 0.5) is 0 Å². The Morgan fingerprint density at radius 3 is 2.02 bits per heavy atom. The van der Waals surface area contributed by atoms with Gasteiger partial charge in [-0.2, -0.15) is 0 Å². The minimum absolute atomic E-state index is 1.10. The van der Waals surface area contributed by atoms with Gasteiger partial charge < -0.3 is 9.13 Å². The summed E-state index contributed by atoms with van der Waals surface area (Å²) in [4.78, 5) is 0. The smallest absolute Gasteiger partial charge is 0.0641 e. The van der Waals surface area contributed by atoms with Gasteiger partial charge in [0.15, 0.2) is 0 Å². The number of aromatic nitrogens is 2. The number of rotatable bonds is 6. The number of aryl methyl sites for hydroxylation is 1. The molecule has 2 heteroatoms. The number of unbranched alkanes of at least 4 members (excludes halogenated alkanes) is 1. The summed E-state index contributed by atoms with van der Waals surface area (Å²) < 4.78 is 4.94. The summed E-state index contributed by atoms with van der Waals surface area (Å²) >= 11 is 0. The van der Waals surface area contributed by atoms with E-state index in [1.807, 2.05) is 0 Å². The fourth-order valence-corrected chi connectivity index (χ4v) is 7.43. The van der Waals surface area contributed by atoms with Crippen LogP contribution < -0.4 is 0 Å². The third-order valence-corrected chi connectivity index (χ3v) is 9.67. The van der Waals surface area contributed by atoms with E-state index in [2.05, 4.69) is 168 Å². The molecular weight excluding hydrogens is 556 g/mol. The van der Waals surface area contributed by atoms with Gasteiger partial charge in [-0.1, -0.05) is 116 Å². The Labute approximate surface area is 268 Å². The molecule has 0 amide bonds. The first-order valence-electron chi connectivity index (χ1n) is 16.4. The van der Waals surface area contributed by atoms with Gasteiger partial charge in [-0.15, -0.1) is 0 Å². The van der Waals surface area contributed by atoms with Gasteiger partial charge in [-0.25, -0.2) is 0 Å². The molecule has 7 aromatic carbocycles. The molecule has 0 saturated carbocycles. The largest absolute Gasteiger partial charge is 0.309 e. The topological polar surface area (TPSA) is 9.86 Å². The molecule has 0 N–H and O–H groups in total. The van der Waals surface area contributed by atoms with Gasteiger partial charge in [-0.3, -0.25) is 0 Å². The molecule has 0 unspecified atom stereocenters. The summed E-state index contributed by atoms with van der Waals surface area (Å²) in [7, 11) is 0. The lowest BCUT2D eigenvalue weighted by Gasteiger charge is -2.11. The van der Waals surface area contributed by atoms with Crippen LogP contribution in [-0.2, 0) is 6.42 Å². The van der Waals surface area contributed by atoms with Crippen LogP contribution in [0.1, 0.15) is 25.3 Å². The summed E-state index contributed by atoms with van der Waals surface area (Å²) in [6.45, 7) is 2.27. The van der Waals surface area contributed by atoms with Crippen molar-refractivity contribution in [3.8, 4) is 22.5 Å². The number of benzene rings is 7. The van der Waals surface area contributed by atoms with Crippen LogP contribution in [0.15, 0.2) is 152 Å². The Kier molecular flexibility index (Phi) is 6.28. The lowest BCUT2D eigenvalue weighted by Crippen LogP contribution is -1.96. The first kappa shape index (κ1) is 26.8. The van der Waals surface area contributed by atoms with E-state index in [-0.39, 0.29) is 0 Å². The number of hydrogen-bond acceptors (Lipinski definition) is 0. The molecule has 0 aliphatic rings. The maximum Gasteiger partial charge on any atom is 0.0641 e. The second-order valence-electron chi connectivity index (χ2n) is 12.4. The second-order valence-corrected chi connectivity index (χ2v) is 12.4. The molecule has 2 nitrogen and oxygen atoms in total. The van der Waals surface area contributed by atoms with E-state index >= 15 is 0 Å². The Bertz CT molecular complexity index is 2550. The highest BCUT2D eigenvalue weighted by Crippen LogP contribution is 2.42. The number of fused-ring (bicyclic) bond motifs is 8. The average Bonchev–Trinajstić information content (AvgIpc) is 3.63. The second kappa shape index (κ2) is 10.8. The first-order valence-corrected chi connectivity index (χ1v) is 16.4. The number of hydrogen-bond donors (Lipinski definition) is 0. The molecule has 0 bridgehead atoms. The van der Waals surface area contributed by atoms with Crippen molar-refractivity contribution in [1.29, 1.82) is 0 Å². The summed E-state index contributed by atoms with van der Waals surface area (Å²) in [5, 5.41) is 7.70. The van der Waals surface area contributed by atoms with Crippen LogP contribution in [0.5, 0.6) is 0 Å². The van der Waals surface area contributed by atoms with E-state index in [1.54, 1.807) is 0 Å². The molecule has 0 aliphatic heterocycles. The molecule has 220 valence electrons. The zero-order chi connectivity index (χ0) is 30.6. The van der Waals surface area contributed by atoms with Crippen molar-refractivity contribution >= 4 is 54.4 Å². The van der Waals surface area contributed by atoms with Gasteiger partial charge in [0.25, 0.3) is 0 Å². The molecule has 2 aromatic heterocycles. The van der Waals surface area contributed by atoms with Crippen LogP contribution >= 0.6 is 0 Å². The van der Waals surface area contributed by atoms with E-state index < -0.39 is 0 Å². The Hall–Kier alpha value is -5.60. The fraction of sp³-hybridized carbons (Fsp3) is 0.0909. The number of nitrogens with zero attached hydrogens (tertiary/aromatic N) is 2. The predicted octanol–water partition coefficient (Wildman–Crippen LogP) is 12.0. The van der Waals surface area contributed by atoms with E-state index in [4.69, 9.17) is 0 Å². The molecule has 9 rings (SSSR count). The van der Waals surface area contributed by atoms with Crippen molar-refractivity contribution in [1.82, 2.24) is 9.13 Å². The molecule has 0 atom stereocenters. The van der Waals surface area contributed by atoms with Crippen molar-refractivity contribution in [3.63, 3.8) is 0 Å². The van der Waals surface area contributed by atoms with Gasteiger partial charge in [0.1, 0.15) is 0 Å². The minimum atomic E-state index is 1.10. The molecule has 0 fully saturated rings. The van der Waals surface area contributed by atoms with Crippen molar-refractivity contribution in [2.75, 3.05) is 0 Å². The van der Waals surface area contributed by atoms with Crippen LogP contribution in [0, 0.1) is 0 Å². The SMILES string of the molecule is CCCCc1ccc2c3ccc4c(c5ccccc5n4-c4ccc(-c5ccc6ccccc6c5)cc4)c3n(-c3ccccc3)c2c1. The highest BCUT2D eigenvalue weighted by atomic mass is 15.0. The van der Waals surface area contributed by atoms with E-state index in [1.165, 1.54) is 95.3 Å². The molecule has 0 saturated heterocycles. The molecular formula is C44H34N2. The lowest BCUT2D eigenvalue weighted by atomic mass is 10.0. The standard InChI is InChI=1S/C44H34N2/c1-2-3-11-30-18-25-37-38-26-27-41-43(44(38)46(42(37)28-30)35-14-5-4-6-15-35)39-16-9-10-17-40(39)45(41)36-23-21-32(22-24-36)34-20-19-31-12-7-8-13-33(31)29-34/h4-10,12-29H,2-3,11H2,1H3. The van der Waals surface area contributed by atoms with Crippen molar-refractivity contribution < 1.29 is 0 Å². The zero-order valence-electron chi connectivity index (χ0n) is 25.9. The van der Waals surface area contributed by atoms with Crippen LogP contribution in [0.25, 0.3) is 76.9 Å². The minimum Gasteiger partial charge on any atom is -0.309 e. The summed E-state index contributed by atoms with van der Waals surface area (Å²) in [6.07, 6.45) is 3.50. The average molecular weight is 591 g/mol.